The molecule has 2 rings (SSSR count). The second-order valence-electron chi connectivity index (χ2n) is 2.91. The number of nitrogens with zero attached hydrogens (tertiary/aromatic N) is 4. The normalized spacial score (nSPS) is 10.1. The van der Waals surface area contributed by atoms with Crippen LogP contribution in [0.25, 0.3) is 10.6 Å². The molecule has 0 amide bonds. The second-order valence-corrected chi connectivity index (χ2v) is 3.94. The molecule has 2 heterocycles. The molecule has 0 unspecified atom stereocenters. The summed E-state index contributed by atoms with van der Waals surface area (Å²) in [6, 6.07) is 2.67. The van der Waals surface area contributed by atoms with Gasteiger partial charge in [0.25, 0.3) is 0 Å². The summed E-state index contributed by atoms with van der Waals surface area (Å²) >= 11 is 0.718. The molecule has 0 aliphatic carbocycles. The molecule has 9 heteroatoms. The van der Waals surface area contributed by atoms with Gasteiger partial charge in [-0.15, -0.1) is 0 Å². The average molecular weight is 252 g/mol. The Morgan fingerprint density at radius 1 is 1.24 bits per heavy atom. The zero-order valence-corrected chi connectivity index (χ0v) is 8.96. The molecule has 0 radical (unpaired) electrons. The van der Waals surface area contributed by atoms with Crippen molar-refractivity contribution in [1.82, 2.24) is 9.97 Å². The minimum atomic E-state index is -0.778. The first-order valence-corrected chi connectivity index (χ1v) is 5.10. The Morgan fingerprint density at radius 3 is 2.47 bits per heavy atom. The fourth-order valence-electron chi connectivity index (χ4n) is 1.20. The first-order valence-electron chi connectivity index (χ1n) is 4.28. The molecule has 0 bridgehead atoms. The van der Waals surface area contributed by atoms with Crippen LogP contribution < -0.4 is 0 Å². The molecule has 0 saturated carbocycles. The number of rotatable bonds is 3. The maximum absolute atomic E-state index is 10.6. The number of thiophene rings is 1. The Bertz CT molecular complexity index is 551. The third-order valence-corrected chi connectivity index (χ3v) is 2.99. The standard InChI is InChI=1S/C8H4N4O4S/c13-11(14)6-3-7(17-8(6)12(15)16)5-1-2-9-4-10-5/h1-4H. The highest BCUT2D eigenvalue weighted by atomic mass is 32.1. The third-order valence-electron chi connectivity index (χ3n) is 1.89. The van der Waals surface area contributed by atoms with Crippen LogP contribution in [-0.2, 0) is 0 Å². The fourth-order valence-corrected chi connectivity index (χ4v) is 2.11. The van der Waals surface area contributed by atoms with Crippen LogP contribution in [0.2, 0.25) is 0 Å². The van der Waals surface area contributed by atoms with Crippen LogP contribution in [0.15, 0.2) is 24.7 Å². The van der Waals surface area contributed by atoms with Crippen LogP contribution in [0.1, 0.15) is 0 Å². The Hall–Kier alpha value is -2.42. The van der Waals surface area contributed by atoms with Gasteiger partial charge >= 0.3 is 10.7 Å². The van der Waals surface area contributed by atoms with Crippen LogP contribution in [0.4, 0.5) is 10.7 Å². The topological polar surface area (TPSA) is 112 Å². The molecule has 17 heavy (non-hydrogen) atoms. The smallest absolute Gasteiger partial charge is 0.258 e. The second kappa shape index (κ2) is 4.22. The number of nitro groups is 2. The maximum Gasteiger partial charge on any atom is 0.401 e. The van der Waals surface area contributed by atoms with Crippen molar-refractivity contribution < 1.29 is 9.85 Å². The van der Waals surface area contributed by atoms with Crippen LogP contribution in [-0.4, -0.2) is 19.8 Å². The third kappa shape index (κ3) is 2.08. The first-order chi connectivity index (χ1) is 8.09. The van der Waals surface area contributed by atoms with Gasteiger partial charge < -0.3 is 0 Å². The zero-order valence-electron chi connectivity index (χ0n) is 8.14. The SMILES string of the molecule is O=[N+]([O-])c1cc(-c2ccncn2)sc1[N+](=O)[O-]. The predicted octanol–water partition coefficient (Wildman–Crippen LogP) is 2.02. The monoisotopic (exact) mass is 252 g/mol. The first kappa shape index (κ1) is 11.1. The van der Waals surface area contributed by atoms with E-state index in [-0.39, 0.29) is 0 Å². The van der Waals surface area contributed by atoms with Crippen LogP contribution in [0, 0.1) is 20.2 Å². The molecule has 0 aliphatic heterocycles. The van der Waals surface area contributed by atoms with Crippen molar-refractivity contribution in [3.63, 3.8) is 0 Å². The molecule has 86 valence electrons. The van der Waals surface area contributed by atoms with Gasteiger partial charge in [0.05, 0.1) is 20.4 Å². The van der Waals surface area contributed by atoms with Gasteiger partial charge in [0.2, 0.25) is 0 Å². The highest BCUT2D eigenvalue weighted by Gasteiger charge is 2.29. The van der Waals surface area contributed by atoms with E-state index in [0.29, 0.717) is 10.6 Å². The number of aromatic nitrogens is 2. The van der Waals surface area contributed by atoms with Gasteiger partial charge in [-0.25, -0.2) is 9.97 Å². The highest BCUT2D eigenvalue weighted by Crippen LogP contribution is 2.40. The lowest BCUT2D eigenvalue weighted by atomic mass is 10.3. The molecule has 2 aromatic rings. The van der Waals surface area contributed by atoms with E-state index in [1.54, 1.807) is 0 Å². The van der Waals surface area contributed by atoms with Crippen molar-refractivity contribution in [3.8, 4) is 10.6 Å². The molecule has 0 atom stereocenters. The van der Waals surface area contributed by atoms with E-state index in [2.05, 4.69) is 9.97 Å². The van der Waals surface area contributed by atoms with E-state index in [4.69, 9.17) is 0 Å². The van der Waals surface area contributed by atoms with E-state index in [9.17, 15) is 20.2 Å². The summed E-state index contributed by atoms with van der Waals surface area (Å²) in [4.78, 5) is 27.7. The Morgan fingerprint density at radius 2 is 2.00 bits per heavy atom. The van der Waals surface area contributed by atoms with Crippen molar-refractivity contribution in [1.29, 1.82) is 0 Å². The molecule has 8 nitrogen and oxygen atoms in total. The van der Waals surface area contributed by atoms with Gasteiger partial charge in [0.15, 0.2) is 0 Å². The van der Waals surface area contributed by atoms with Gasteiger partial charge in [0.1, 0.15) is 6.33 Å². The zero-order chi connectivity index (χ0) is 12.4. The molecule has 0 spiro atoms. The molecule has 0 N–H and O–H groups in total. The highest BCUT2D eigenvalue weighted by molar-refractivity contribution is 7.19. The molecular formula is C8H4N4O4S. The summed E-state index contributed by atoms with van der Waals surface area (Å²) in [6.45, 7) is 0. The predicted molar refractivity (Wildman–Crippen MR) is 58.7 cm³/mol. The maximum atomic E-state index is 10.6. The molecule has 0 saturated heterocycles. The summed E-state index contributed by atoms with van der Waals surface area (Å²) in [5.41, 5.74) is -0.102. The minimum absolute atomic E-state index is 0.366. The number of hydrogen-bond acceptors (Lipinski definition) is 7. The summed E-state index contributed by atoms with van der Waals surface area (Å²) in [6.07, 6.45) is 2.73. The van der Waals surface area contributed by atoms with E-state index in [1.165, 1.54) is 18.6 Å². The van der Waals surface area contributed by atoms with Gasteiger partial charge in [-0.1, -0.05) is 11.3 Å². The van der Waals surface area contributed by atoms with Crippen LogP contribution in [0.3, 0.4) is 0 Å². The van der Waals surface area contributed by atoms with Gasteiger partial charge in [-0.05, 0) is 6.07 Å². The van der Waals surface area contributed by atoms with Crippen LogP contribution in [0.5, 0.6) is 0 Å². The summed E-state index contributed by atoms with van der Waals surface area (Å²) in [5, 5.41) is 20.8. The lowest BCUT2D eigenvalue weighted by Gasteiger charge is -1.90. The van der Waals surface area contributed by atoms with E-state index < -0.39 is 20.5 Å². The minimum Gasteiger partial charge on any atom is -0.258 e. The Balaban J connectivity index is 2.55. The van der Waals surface area contributed by atoms with Gasteiger partial charge in [-0.2, -0.15) is 0 Å². The lowest BCUT2D eigenvalue weighted by molar-refractivity contribution is -0.419. The average Bonchev–Trinajstić information content (AvgIpc) is 2.75. The summed E-state index contributed by atoms with van der Waals surface area (Å²) < 4.78 is 0. The Kier molecular flexibility index (Phi) is 2.75. The lowest BCUT2D eigenvalue weighted by Crippen LogP contribution is -1.91. The van der Waals surface area contributed by atoms with Gasteiger partial charge in [-0.3, -0.25) is 20.2 Å². The van der Waals surface area contributed by atoms with Crippen molar-refractivity contribution in [2.45, 2.75) is 0 Å². The van der Waals surface area contributed by atoms with Gasteiger partial charge in [0, 0.05) is 12.3 Å². The van der Waals surface area contributed by atoms with Crippen LogP contribution >= 0.6 is 11.3 Å². The quantitative estimate of drug-likeness (QED) is 0.610. The molecular weight excluding hydrogens is 248 g/mol. The molecule has 0 aromatic carbocycles. The van der Waals surface area contributed by atoms with E-state index >= 15 is 0 Å². The summed E-state index contributed by atoms with van der Waals surface area (Å²) in [5.74, 6) is 0. The van der Waals surface area contributed by atoms with Crippen molar-refractivity contribution in [3.05, 3.63) is 44.9 Å². The summed E-state index contributed by atoms with van der Waals surface area (Å²) in [7, 11) is 0. The largest absolute Gasteiger partial charge is 0.401 e. The van der Waals surface area contributed by atoms with Crippen molar-refractivity contribution in [2.24, 2.45) is 0 Å². The molecule has 0 fully saturated rings. The Labute approximate surface area is 97.9 Å². The fraction of sp³-hybridized carbons (Fsp3) is 0. The molecule has 2 aromatic heterocycles. The van der Waals surface area contributed by atoms with E-state index in [1.807, 2.05) is 0 Å². The number of hydrogen-bond donors (Lipinski definition) is 0. The van der Waals surface area contributed by atoms with Crippen molar-refractivity contribution >= 4 is 22.0 Å². The molecule has 0 aliphatic rings. The van der Waals surface area contributed by atoms with E-state index in [0.717, 1.165) is 17.4 Å². The van der Waals surface area contributed by atoms with Crippen molar-refractivity contribution in [2.75, 3.05) is 0 Å².